The van der Waals surface area contributed by atoms with Gasteiger partial charge in [-0.3, -0.25) is 14.6 Å². The van der Waals surface area contributed by atoms with Crippen LogP contribution in [0.3, 0.4) is 0 Å². The molecule has 1 aromatic carbocycles. The zero-order chi connectivity index (χ0) is 11.0. The Morgan fingerprint density at radius 1 is 1.47 bits per heavy atom. The van der Waals surface area contributed by atoms with Gasteiger partial charge in [0, 0.05) is 11.8 Å². The molecule has 0 aliphatic carbocycles. The van der Waals surface area contributed by atoms with Crippen molar-refractivity contribution in [1.29, 1.82) is 0 Å². The SMILES string of the molecule is Cc1ccc2c(c1)C(=O)C(C(=O)O)C=N2. The molecule has 76 valence electrons. The number of aryl methyl sites for hydroxylation is 1. The number of nitrogens with zero attached hydrogens (tertiary/aromatic N) is 1. The van der Waals surface area contributed by atoms with Crippen molar-refractivity contribution in [3.05, 3.63) is 29.3 Å². The van der Waals surface area contributed by atoms with Crippen molar-refractivity contribution in [2.45, 2.75) is 6.92 Å². The first kappa shape index (κ1) is 9.58. The van der Waals surface area contributed by atoms with Crippen molar-refractivity contribution in [2.75, 3.05) is 0 Å². The number of hydrogen-bond donors (Lipinski definition) is 1. The van der Waals surface area contributed by atoms with Crippen molar-refractivity contribution in [2.24, 2.45) is 10.9 Å². The Balaban J connectivity index is 2.53. The maximum Gasteiger partial charge on any atom is 0.319 e. The van der Waals surface area contributed by atoms with E-state index < -0.39 is 17.7 Å². The summed E-state index contributed by atoms with van der Waals surface area (Å²) in [6, 6.07) is 5.23. The van der Waals surface area contributed by atoms with Crippen molar-refractivity contribution < 1.29 is 14.7 Å². The van der Waals surface area contributed by atoms with Gasteiger partial charge in [0.1, 0.15) is 0 Å². The highest BCUT2D eigenvalue weighted by molar-refractivity contribution is 6.22. The lowest BCUT2D eigenvalue weighted by Crippen LogP contribution is -2.27. The number of carboxylic acids is 1. The number of aliphatic carboxylic acids is 1. The highest BCUT2D eigenvalue weighted by atomic mass is 16.4. The highest BCUT2D eigenvalue weighted by Crippen LogP contribution is 2.27. The van der Waals surface area contributed by atoms with Gasteiger partial charge in [0.2, 0.25) is 0 Å². The summed E-state index contributed by atoms with van der Waals surface area (Å²) in [5.41, 5.74) is 1.86. The van der Waals surface area contributed by atoms with Crippen LogP contribution in [-0.2, 0) is 4.79 Å². The molecule has 0 fully saturated rings. The normalized spacial score (nSPS) is 18.7. The molecule has 15 heavy (non-hydrogen) atoms. The van der Waals surface area contributed by atoms with E-state index in [0.717, 1.165) is 5.56 Å². The zero-order valence-corrected chi connectivity index (χ0v) is 8.10. The van der Waals surface area contributed by atoms with E-state index in [1.807, 2.05) is 13.0 Å². The van der Waals surface area contributed by atoms with Crippen LogP contribution in [-0.4, -0.2) is 23.1 Å². The van der Waals surface area contributed by atoms with Crippen LogP contribution in [0, 0.1) is 12.8 Å². The second-order valence-electron chi connectivity index (χ2n) is 3.48. The quantitative estimate of drug-likeness (QED) is 0.705. The highest BCUT2D eigenvalue weighted by Gasteiger charge is 2.30. The summed E-state index contributed by atoms with van der Waals surface area (Å²) in [6.07, 6.45) is 1.18. The number of hydrogen-bond acceptors (Lipinski definition) is 3. The van der Waals surface area contributed by atoms with E-state index in [2.05, 4.69) is 4.99 Å². The van der Waals surface area contributed by atoms with E-state index in [4.69, 9.17) is 5.11 Å². The van der Waals surface area contributed by atoms with Crippen LogP contribution in [0.25, 0.3) is 0 Å². The molecule has 0 amide bonds. The number of carboxylic acid groups (broad SMARTS) is 1. The van der Waals surface area contributed by atoms with Gasteiger partial charge in [-0.1, -0.05) is 11.6 Å². The first-order valence-corrected chi connectivity index (χ1v) is 4.51. The maximum atomic E-state index is 11.7. The van der Waals surface area contributed by atoms with E-state index in [9.17, 15) is 9.59 Å². The minimum atomic E-state index is -1.16. The molecule has 1 aliphatic rings. The Hall–Kier alpha value is -1.97. The molecule has 4 heteroatoms. The lowest BCUT2D eigenvalue weighted by molar-refractivity contribution is -0.137. The number of fused-ring (bicyclic) bond motifs is 1. The molecular weight excluding hydrogens is 194 g/mol. The number of ketones is 1. The number of benzene rings is 1. The predicted molar refractivity (Wildman–Crippen MR) is 54.8 cm³/mol. The third kappa shape index (κ3) is 1.54. The molecule has 1 atom stereocenters. The van der Waals surface area contributed by atoms with Crippen molar-refractivity contribution in [3.63, 3.8) is 0 Å². The molecule has 1 heterocycles. The number of carbonyl (C=O) groups is 2. The average Bonchev–Trinajstić information content (AvgIpc) is 2.19. The number of aliphatic imine (C=N–C) groups is 1. The first-order valence-electron chi connectivity index (χ1n) is 4.51. The van der Waals surface area contributed by atoms with Gasteiger partial charge in [0.05, 0.1) is 5.69 Å². The van der Waals surface area contributed by atoms with E-state index in [1.165, 1.54) is 6.21 Å². The topological polar surface area (TPSA) is 66.7 Å². The molecule has 0 aromatic heterocycles. The molecule has 2 rings (SSSR count). The van der Waals surface area contributed by atoms with E-state index in [1.54, 1.807) is 12.1 Å². The summed E-state index contributed by atoms with van der Waals surface area (Å²) < 4.78 is 0. The van der Waals surface area contributed by atoms with Crippen LogP contribution in [0.2, 0.25) is 0 Å². The van der Waals surface area contributed by atoms with Gasteiger partial charge in [-0.2, -0.15) is 0 Å². The van der Waals surface area contributed by atoms with Crippen LogP contribution >= 0.6 is 0 Å². The number of carbonyl (C=O) groups excluding carboxylic acids is 1. The third-order valence-electron chi connectivity index (χ3n) is 2.33. The van der Waals surface area contributed by atoms with Crippen LogP contribution in [0.4, 0.5) is 5.69 Å². The summed E-state index contributed by atoms with van der Waals surface area (Å²) in [6.45, 7) is 1.85. The van der Waals surface area contributed by atoms with E-state index in [-0.39, 0.29) is 0 Å². The summed E-state index contributed by atoms with van der Waals surface area (Å²) in [5.74, 6) is -2.69. The average molecular weight is 203 g/mol. The van der Waals surface area contributed by atoms with Crippen LogP contribution in [0.15, 0.2) is 23.2 Å². The Bertz CT molecular complexity index is 477. The summed E-state index contributed by atoms with van der Waals surface area (Å²) >= 11 is 0. The fraction of sp³-hybridized carbons (Fsp3) is 0.182. The van der Waals surface area contributed by atoms with Crippen molar-refractivity contribution in [1.82, 2.24) is 0 Å². The summed E-state index contributed by atoms with van der Waals surface area (Å²) in [7, 11) is 0. The third-order valence-corrected chi connectivity index (χ3v) is 2.33. The Morgan fingerprint density at radius 3 is 2.87 bits per heavy atom. The monoisotopic (exact) mass is 203 g/mol. The first-order chi connectivity index (χ1) is 7.09. The van der Waals surface area contributed by atoms with Gasteiger partial charge >= 0.3 is 5.97 Å². The smallest absolute Gasteiger partial charge is 0.319 e. The van der Waals surface area contributed by atoms with E-state index >= 15 is 0 Å². The van der Waals surface area contributed by atoms with Crippen LogP contribution in [0.1, 0.15) is 15.9 Å². The molecule has 1 N–H and O–H groups in total. The van der Waals surface area contributed by atoms with Gasteiger partial charge in [-0.25, -0.2) is 0 Å². The lowest BCUT2D eigenvalue weighted by Gasteiger charge is -2.14. The summed E-state index contributed by atoms with van der Waals surface area (Å²) in [4.78, 5) is 26.4. The second kappa shape index (κ2) is 3.31. The molecular formula is C11H9NO3. The number of Topliss-reactive ketones (excluding diaryl/α,β-unsaturated/α-hetero) is 1. The van der Waals surface area contributed by atoms with Gasteiger partial charge in [-0.15, -0.1) is 0 Å². The largest absolute Gasteiger partial charge is 0.480 e. The standard InChI is InChI=1S/C11H9NO3/c1-6-2-3-9-7(4-6)10(13)8(5-12-9)11(14)15/h2-5,8H,1H3,(H,14,15). The number of rotatable bonds is 1. The van der Waals surface area contributed by atoms with Crippen molar-refractivity contribution >= 4 is 23.7 Å². The van der Waals surface area contributed by atoms with Crippen LogP contribution < -0.4 is 0 Å². The van der Waals surface area contributed by atoms with Gasteiger partial charge in [-0.05, 0) is 19.1 Å². The minimum absolute atomic E-state index is 0.392. The molecule has 0 radical (unpaired) electrons. The Labute approximate surface area is 86.3 Å². The van der Waals surface area contributed by atoms with Gasteiger partial charge < -0.3 is 5.11 Å². The Kier molecular flexibility index (Phi) is 2.11. The maximum absolute atomic E-state index is 11.7. The Morgan fingerprint density at radius 2 is 2.20 bits per heavy atom. The molecule has 1 unspecified atom stereocenters. The predicted octanol–water partition coefficient (Wildman–Crippen LogP) is 1.59. The van der Waals surface area contributed by atoms with Crippen molar-refractivity contribution in [3.8, 4) is 0 Å². The van der Waals surface area contributed by atoms with Gasteiger partial charge in [0.25, 0.3) is 0 Å². The van der Waals surface area contributed by atoms with E-state index in [0.29, 0.717) is 11.3 Å². The molecule has 1 aromatic rings. The molecule has 0 saturated carbocycles. The fourth-order valence-electron chi connectivity index (χ4n) is 1.53. The molecule has 1 aliphatic heterocycles. The summed E-state index contributed by atoms with van der Waals surface area (Å²) in [5, 5.41) is 8.79. The molecule has 4 nitrogen and oxygen atoms in total. The van der Waals surface area contributed by atoms with Gasteiger partial charge in [0.15, 0.2) is 11.7 Å². The minimum Gasteiger partial charge on any atom is -0.480 e. The molecule has 0 saturated heterocycles. The molecule has 0 spiro atoms. The zero-order valence-electron chi connectivity index (χ0n) is 8.10. The molecule has 0 bridgehead atoms. The van der Waals surface area contributed by atoms with Crippen LogP contribution in [0.5, 0.6) is 0 Å². The second-order valence-corrected chi connectivity index (χ2v) is 3.48. The lowest BCUT2D eigenvalue weighted by atomic mass is 9.94. The fourth-order valence-corrected chi connectivity index (χ4v) is 1.53.